The minimum absolute atomic E-state index is 0.140. The van der Waals surface area contributed by atoms with Gasteiger partial charge in [0.1, 0.15) is 0 Å². The Morgan fingerprint density at radius 3 is 2.94 bits per heavy atom. The summed E-state index contributed by atoms with van der Waals surface area (Å²) in [6, 6.07) is 0. The second-order valence-electron chi connectivity index (χ2n) is 3.99. The lowest BCUT2D eigenvalue weighted by Crippen LogP contribution is -2.37. The number of hydrogen-bond donors (Lipinski definition) is 1. The Morgan fingerprint density at radius 2 is 2.28 bits per heavy atom. The summed E-state index contributed by atoms with van der Waals surface area (Å²) in [5.41, 5.74) is 0.967. The Morgan fingerprint density at radius 1 is 1.50 bits per heavy atom. The van der Waals surface area contributed by atoms with Crippen molar-refractivity contribution in [3.63, 3.8) is 0 Å². The molecule has 2 aromatic rings. The summed E-state index contributed by atoms with van der Waals surface area (Å²) >= 11 is 1.61. The summed E-state index contributed by atoms with van der Waals surface area (Å²) in [6.45, 7) is 6.50. The highest BCUT2D eigenvalue weighted by atomic mass is 32.1. The van der Waals surface area contributed by atoms with Crippen molar-refractivity contribution in [2.24, 2.45) is 0 Å². The highest BCUT2D eigenvalue weighted by Gasteiger charge is 2.09. The predicted molar refractivity (Wildman–Crippen MR) is 72.7 cm³/mol. The molecule has 5 nitrogen and oxygen atoms in total. The van der Waals surface area contributed by atoms with E-state index < -0.39 is 0 Å². The van der Waals surface area contributed by atoms with E-state index in [-0.39, 0.29) is 5.91 Å². The van der Waals surface area contributed by atoms with Gasteiger partial charge in [0.2, 0.25) is 5.91 Å². The summed E-state index contributed by atoms with van der Waals surface area (Å²) < 4.78 is 1.99. The number of carbonyl (C=O) groups excluding carboxylic acids is 1. The van der Waals surface area contributed by atoms with Crippen molar-refractivity contribution in [3.05, 3.63) is 23.5 Å². The summed E-state index contributed by atoms with van der Waals surface area (Å²) in [4.78, 5) is 19.0. The second kappa shape index (κ2) is 5.97. The first-order valence-electron chi connectivity index (χ1n) is 6.14. The van der Waals surface area contributed by atoms with Gasteiger partial charge >= 0.3 is 0 Å². The molecule has 0 aliphatic carbocycles. The third-order valence-electron chi connectivity index (χ3n) is 2.84. The zero-order valence-corrected chi connectivity index (χ0v) is 11.5. The van der Waals surface area contributed by atoms with E-state index in [0.29, 0.717) is 13.1 Å². The van der Waals surface area contributed by atoms with Crippen molar-refractivity contribution in [2.75, 3.05) is 19.6 Å². The first-order valence-corrected chi connectivity index (χ1v) is 7.02. The smallest absolute Gasteiger partial charge is 0.236 e. The molecule has 0 bridgehead atoms. The Kier molecular flexibility index (Phi) is 4.33. The van der Waals surface area contributed by atoms with E-state index in [1.54, 1.807) is 11.3 Å². The van der Waals surface area contributed by atoms with Crippen LogP contribution in [-0.4, -0.2) is 39.8 Å². The Balaban J connectivity index is 1.81. The van der Waals surface area contributed by atoms with Gasteiger partial charge in [0.15, 0.2) is 4.96 Å². The Bertz CT molecular complexity index is 486. The van der Waals surface area contributed by atoms with Gasteiger partial charge in [-0.1, -0.05) is 0 Å². The maximum atomic E-state index is 11.8. The number of rotatable bonds is 6. The monoisotopic (exact) mass is 266 g/mol. The van der Waals surface area contributed by atoms with Crippen LogP contribution in [0.3, 0.4) is 0 Å². The number of amides is 1. The van der Waals surface area contributed by atoms with E-state index in [4.69, 9.17) is 0 Å². The van der Waals surface area contributed by atoms with E-state index in [1.807, 2.05) is 40.9 Å². The summed E-state index contributed by atoms with van der Waals surface area (Å²) in [7, 11) is 0. The summed E-state index contributed by atoms with van der Waals surface area (Å²) in [5, 5.41) is 5.14. The van der Waals surface area contributed by atoms with Gasteiger partial charge in [-0.15, -0.1) is 11.3 Å². The molecule has 1 N–H and O–H groups in total. The van der Waals surface area contributed by atoms with E-state index in [1.165, 1.54) is 0 Å². The Hall–Kier alpha value is -1.40. The van der Waals surface area contributed by atoms with Gasteiger partial charge in [0.05, 0.1) is 12.2 Å². The van der Waals surface area contributed by atoms with Crippen molar-refractivity contribution in [2.45, 2.75) is 20.4 Å². The molecule has 2 rings (SSSR count). The van der Waals surface area contributed by atoms with Crippen molar-refractivity contribution in [1.29, 1.82) is 0 Å². The average molecular weight is 266 g/mol. The zero-order chi connectivity index (χ0) is 13.0. The molecule has 2 heterocycles. The van der Waals surface area contributed by atoms with Gasteiger partial charge in [-0.05, 0) is 13.8 Å². The summed E-state index contributed by atoms with van der Waals surface area (Å²) in [5.74, 6) is 0.140. The lowest BCUT2D eigenvalue weighted by molar-refractivity contribution is -0.129. The van der Waals surface area contributed by atoms with Crippen LogP contribution in [0.4, 0.5) is 0 Å². The molecule has 0 atom stereocenters. The van der Waals surface area contributed by atoms with Crippen LogP contribution in [0.5, 0.6) is 0 Å². The topological polar surface area (TPSA) is 49.6 Å². The van der Waals surface area contributed by atoms with E-state index in [0.717, 1.165) is 23.7 Å². The zero-order valence-electron chi connectivity index (χ0n) is 10.7. The maximum Gasteiger partial charge on any atom is 0.236 e. The fourth-order valence-corrected chi connectivity index (χ4v) is 2.57. The van der Waals surface area contributed by atoms with Gasteiger partial charge in [0, 0.05) is 37.4 Å². The molecule has 0 unspecified atom stereocenters. The third-order valence-corrected chi connectivity index (χ3v) is 3.61. The van der Waals surface area contributed by atoms with Gasteiger partial charge < -0.3 is 10.2 Å². The first-order chi connectivity index (χ1) is 8.74. The second-order valence-corrected chi connectivity index (χ2v) is 4.87. The van der Waals surface area contributed by atoms with Crippen molar-refractivity contribution < 1.29 is 4.79 Å². The Labute approximate surface area is 110 Å². The van der Waals surface area contributed by atoms with Crippen molar-refractivity contribution >= 4 is 22.2 Å². The molecule has 0 fully saturated rings. The molecular formula is C12H18N4OS. The molecule has 0 spiro atoms. The number of hydrogen-bond acceptors (Lipinski definition) is 4. The van der Waals surface area contributed by atoms with E-state index in [9.17, 15) is 4.79 Å². The molecule has 18 heavy (non-hydrogen) atoms. The molecule has 0 aromatic carbocycles. The average Bonchev–Trinajstić information content (AvgIpc) is 2.91. The normalized spacial score (nSPS) is 11.0. The SMILES string of the molecule is CCN(CC)C(=O)CNCc1cn2ccsc2n1. The number of carbonyl (C=O) groups is 1. The van der Waals surface area contributed by atoms with Crippen LogP contribution in [0, 0.1) is 0 Å². The fourth-order valence-electron chi connectivity index (χ4n) is 1.85. The molecule has 1 amide bonds. The maximum absolute atomic E-state index is 11.8. The lowest BCUT2D eigenvalue weighted by atomic mass is 10.4. The highest BCUT2D eigenvalue weighted by molar-refractivity contribution is 7.15. The fraction of sp³-hybridized carbons (Fsp3) is 0.500. The van der Waals surface area contributed by atoms with Crippen LogP contribution in [-0.2, 0) is 11.3 Å². The van der Waals surface area contributed by atoms with E-state index in [2.05, 4.69) is 10.3 Å². The number of fused-ring (bicyclic) bond motifs is 1. The standard InChI is InChI=1S/C12H18N4OS/c1-3-15(4-2)11(17)8-13-7-10-9-16-5-6-18-12(16)14-10/h5-6,9,13H,3-4,7-8H2,1-2H3. The number of likely N-dealkylation sites (N-methyl/N-ethyl adjacent to an activating group) is 1. The predicted octanol–water partition coefficient (Wildman–Crippen LogP) is 1.35. The molecule has 0 aliphatic rings. The van der Waals surface area contributed by atoms with Crippen LogP contribution < -0.4 is 5.32 Å². The van der Waals surface area contributed by atoms with E-state index >= 15 is 0 Å². The number of imidazole rings is 1. The number of nitrogens with one attached hydrogen (secondary N) is 1. The largest absolute Gasteiger partial charge is 0.342 e. The van der Waals surface area contributed by atoms with Gasteiger partial charge in [0.25, 0.3) is 0 Å². The van der Waals surface area contributed by atoms with Gasteiger partial charge in [-0.25, -0.2) is 4.98 Å². The first kappa shape index (κ1) is 13.0. The molecule has 6 heteroatoms. The molecule has 0 saturated heterocycles. The van der Waals surface area contributed by atoms with Crippen LogP contribution in [0.2, 0.25) is 0 Å². The number of nitrogens with zero attached hydrogens (tertiary/aromatic N) is 3. The quantitative estimate of drug-likeness (QED) is 0.858. The number of aromatic nitrogens is 2. The molecule has 0 radical (unpaired) electrons. The molecule has 2 aromatic heterocycles. The summed E-state index contributed by atoms with van der Waals surface area (Å²) in [6.07, 6.45) is 3.97. The van der Waals surface area contributed by atoms with Crippen LogP contribution in [0.25, 0.3) is 4.96 Å². The molecule has 0 saturated carbocycles. The minimum Gasteiger partial charge on any atom is -0.342 e. The number of thiazole rings is 1. The molecule has 0 aliphatic heterocycles. The van der Waals surface area contributed by atoms with Gasteiger partial charge in [-0.3, -0.25) is 9.20 Å². The van der Waals surface area contributed by atoms with Gasteiger partial charge in [-0.2, -0.15) is 0 Å². The molecular weight excluding hydrogens is 248 g/mol. The third kappa shape index (κ3) is 2.88. The minimum atomic E-state index is 0.140. The van der Waals surface area contributed by atoms with Crippen LogP contribution in [0.1, 0.15) is 19.5 Å². The lowest BCUT2D eigenvalue weighted by Gasteiger charge is -2.18. The van der Waals surface area contributed by atoms with Crippen LogP contribution >= 0.6 is 11.3 Å². The molecule has 98 valence electrons. The highest BCUT2D eigenvalue weighted by Crippen LogP contribution is 2.10. The van der Waals surface area contributed by atoms with Crippen LogP contribution in [0.15, 0.2) is 17.8 Å². The van der Waals surface area contributed by atoms with Crippen molar-refractivity contribution in [3.8, 4) is 0 Å². The van der Waals surface area contributed by atoms with Crippen molar-refractivity contribution in [1.82, 2.24) is 19.6 Å².